The maximum atomic E-state index is 12.9. The highest BCUT2D eigenvalue weighted by molar-refractivity contribution is 5.99. The van der Waals surface area contributed by atoms with Crippen LogP contribution < -0.4 is 10.6 Å². The molecule has 0 atom stereocenters. The van der Waals surface area contributed by atoms with Crippen LogP contribution in [0.1, 0.15) is 63.1 Å². The molecule has 2 aromatic rings. The predicted molar refractivity (Wildman–Crippen MR) is 155 cm³/mol. The number of halogens is 2. The number of amidine groups is 1. The molecule has 0 aromatic heterocycles. The fraction of sp³-hybridized carbons (Fsp3) is 0.387. The van der Waals surface area contributed by atoms with Crippen molar-refractivity contribution in [2.24, 2.45) is 4.99 Å². The summed E-state index contributed by atoms with van der Waals surface area (Å²) in [6.45, 7) is 15.4. The Bertz CT molecular complexity index is 913. The van der Waals surface area contributed by atoms with Gasteiger partial charge >= 0.3 is 0 Å². The lowest BCUT2D eigenvalue weighted by Gasteiger charge is -2.10. The van der Waals surface area contributed by atoms with Crippen LogP contribution in [-0.4, -0.2) is 25.4 Å². The molecule has 0 fully saturated rings. The first kappa shape index (κ1) is 32.8. The second-order valence-corrected chi connectivity index (χ2v) is 8.58. The average molecular weight is 498 g/mol. The minimum Gasteiger partial charge on any atom is -0.391 e. The second kappa shape index (κ2) is 20.0. The Balaban J connectivity index is 0.000000707. The highest BCUT2D eigenvalue weighted by Gasteiger charge is 2.19. The largest absolute Gasteiger partial charge is 0.391 e. The molecular weight excluding hydrogens is 452 g/mol. The van der Waals surface area contributed by atoms with Crippen LogP contribution in [0, 0.1) is 6.92 Å². The van der Waals surface area contributed by atoms with Gasteiger partial charge in [0.2, 0.25) is 5.92 Å². The zero-order valence-electron chi connectivity index (χ0n) is 22.8. The SMILES string of the molecule is C=CNC(/C=C(\C)c1cccc(CCCC(C)(F)F)c1)=NC.C=CNCCCC.Cc1ccccc1. The lowest BCUT2D eigenvalue weighted by atomic mass is 10.00. The minimum atomic E-state index is -2.59. The van der Waals surface area contributed by atoms with Gasteiger partial charge in [-0.2, -0.15) is 0 Å². The Kier molecular flexibility index (Phi) is 18.2. The number of nitrogens with zero attached hydrogens (tertiary/aromatic N) is 1. The number of aryl methyl sites for hydroxylation is 2. The summed E-state index contributed by atoms with van der Waals surface area (Å²) in [5.41, 5.74) is 4.51. The maximum absolute atomic E-state index is 12.9. The van der Waals surface area contributed by atoms with Crippen LogP contribution in [0.25, 0.3) is 5.57 Å². The fourth-order valence-electron chi connectivity index (χ4n) is 3.05. The van der Waals surface area contributed by atoms with Crippen LogP contribution in [0.5, 0.6) is 0 Å². The molecule has 0 aliphatic rings. The third-order valence-corrected chi connectivity index (χ3v) is 5.07. The van der Waals surface area contributed by atoms with Crippen molar-refractivity contribution in [3.8, 4) is 0 Å². The van der Waals surface area contributed by atoms with E-state index in [1.165, 1.54) is 18.4 Å². The van der Waals surface area contributed by atoms with Crippen molar-refractivity contribution in [2.45, 2.75) is 65.7 Å². The number of allylic oxidation sites excluding steroid dienone is 1. The van der Waals surface area contributed by atoms with Gasteiger partial charge in [0.05, 0.1) is 0 Å². The van der Waals surface area contributed by atoms with Gasteiger partial charge in [0.15, 0.2) is 0 Å². The monoisotopic (exact) mass is 497 g/mol. The van der Waals surface area contributed by atoms with E-state index in [1.54, 1.807) is 19.4 Å². The number of hydrogen-bond acceptors (Lipinski definition) is 2. The third kappa shape index (κ3) is 18.2. The lowest BCUT2D eigenvalue weighted by molar-refractivity contribution is 0.0111. The molecule has 0 saturated carbocycles. The van der Waals surface area contributed by atoms with Crippen molar-refractivity contribution in [1.82, 2.24) is 10.6 Å². The first-order chi connectivity index (χ1) is 17.2. The zero-order valence-corrected chi connectivity index (χ0v) is 22.8. The molecule has 5 heteroatoms. The summed E-state index contributed by atoms with van der Waals surface area (Å²) in [6, 6.07) is 18.2. The Morgan fingerprint density at radius 1 is 1.03 bits per heavy atom. The van der Waals surface area contributed by atoms with Crippen LogP contribution in [0.4, 0.5) is 8.78 Å². The Morgan fingerprint density at radius 2 is 1.72 bits per heavy atom. The summed E-state index contributed by atoms with van der Waals surface area (Å²) >= 11 is 0. The second-order valence-electron chi connectivity index (χ2n) is 8.58. The summed E-state index contributed by atoms with van der Waals surface area (Å²) in [4.78, 5) is 4.12. The van der Waals surface area contributed by atoms with E-state index in [0.29, 0.717) is 12.8 Å². The number of alkyl halides is 2. The van der Waals surface area contributed by atoms with E-state index in [9.17, 15) is 8.78 Å². The number of nitrogens with one attached hydrogen (secondary N) is 2. The molecule has 0 amide bonds. The van der Waals surface area contributed by atoms with Gasteiger partial charge in [0.1, 0.15) is 5.84 Å². The molecule has 0 radical (unpaired) electrons. The Hall–Kier alpha value is -3.21. The first-order valence-electron chi connectivity index (χ1n) is 12.5. The third-order valence-electron chi connectivity index (χ3n) is 5.07. The van der Waals surface area contributed by atoms with Crippen molar-refractivity contribution in [3.05, 3.63) is 103 Å². The predicted octanol–water partition coefficient (Wildman–Crippen LogP) is 8.34. The van der Waals surface area contributed by atoms with Crippen molar-refractivity contribution in [1.29, 1.82) is 0 Å². The maximum Gasteiger partial charge on any atom is 0.245 e. The molecular formula is C31H45F2N3. The van der Waals surface area contributed by atoms with E-state index >= 15 is 0 Å². The average Bonchev–Trinajstić information content (AvgIpc) is 2.85. The van der Waals surface area contributed by atoms with E-state index in [2.05, 4.69) is 54.8 Å². The van der Waals surface area contributed by atoms with Crippen molar-refractivity contribution >= 4 is 11.4 Å². The van der Waals surface area contributed by atoms with Gasteiger partial charge in [0, 0.05) is 20.0 Å². The molecule has 0 aliphatic heterocycles. The van der Waals surface area contributed by atoms with Crippen LogP contribution in [-0.2, 0) is 6.42 Å². The van der Waals surface area contributed by atoms with Gasteiger partial charge in [0.25, 0.3) is 0 Å². The van der Waals surface area contributed by atoms with E-state index in [4.69, 9.17) is 0 Å². The smallest absolute Gasteiger partial charge is 0.245 e. The molecule has 36 heavy (non-hydrogen) atoms. The molecule has 2 rings (SSSR count). The van der Waals surface area contributed by atoms with Crippen molar-refractivity contribution < 1.29 is 8.78 Å². The molecule has 0 unspecified atom stereocenters. The fourth-order valence-corrected chi connectivity index (χ4v) is 3.05. The molecule has 0 bridgehead atoms. The van der Waals surface area contributed by atoms with Crippen LogP contribution >= 0.6 is 0 Å². The Labute approximate surface area is 218 Å². The normalized spacial score (nSPS) is 11.3. The van der Waals surface area contributed by atoms with Crippen molar-refractivity contribution in [3.63, 3.8) is 0 Å². The molecule has 0 spiro atoms. The zero-order chi connectivity index (χ0) is 27.2. The lowest BCUT2D eigenvalue weighted by Crippen LogP contribution is -2.14. The van der Waals surface area contributed by atoms with Gasteiger partial charge < -0.3 is 10.6 Å². The van der Waals surface area contributed by atoms with E-state index < -0.39 is 5.92 Å². The summed E-state index contributed by atoms with van der Waals surface area (Å²) < 4.78 is 25.7. The molecule has 3 nitrogen and oxygen atoms in total. The summed E-state index contributed by atoms with van der Waals surface area (Å²) in [5, 5.41) is 5.97. The van der Waals surface area contributed by atoms with Gasteiger partial charge in [-0.3, -0.25) is 4.99 Å². The summed E-state index contributed by atoms with van der Waals surface area (Å²) in [5.74, 6) is -1.86. The topological polar surface area (TPSA) is 36.4 Å². The van der Waals surface area contributed by atoms with Gasteiger partial charge in [-0.05, 0) is 75.2 Å². The molecule has 198 valence electrons. The van der Waals surface area contributed by atoms with E-state index in [1.807, 2.05) is 55.5 Å². The van der Waals surface area contributed by atoms with E-state index in [0.717, 1.165) is 36.0 Å². The summed E-state index contributed by atoms with van der Waals surface area (Å²) in [7, 11) is 1.71. The van der Waals surface area contributed by atoms with Gasteiger partial charge in [-0.15, -0.1) is 0 Å². The molecule has 0 saturated heterocycles. The number of hydrogen-bond donors (Lipinski definition) is 2. The molecule has 0 aliphatic carbocycles. The van der Waals surface area contributed by atoms with Crippen LogP contribution in [0.2, 0.25) is 0 Å². The number of aliphatic imine (C=N–C) groups is 1. The quantitative estimate of drug-likeness (QED) is 0.186. The molecule has 2 N–H and O–H groups in total. The van der Waals surface area contributed by atoms with Crippen LogP contribution in [0.15, 0.2) is 91.2 Å². The van der Waals surface area contributed by atoms with Crippen molar-refractivity contribution in [2.75, 3.05) is 13.6 Å². The van der Waals surface area contributed by atoms with Gasteiger partial charge in [-0.1, -0.05) is 86.7 Å². The highest BCUT2D eigenvalue weighted by atomic mass is 19.3. The first-order valence-corrected chi connectivity index (χ1v) is 12.5. The number of rotatable bonds is 11. The van der Waals surface area contributed by atoms with Crippen LogP contribution in [0.3, 0.4) is 0 Å². The highest BCUT2D eigenvalue weighted by Crippen LogP contribution is 2.21. The van der Waals surface area contributed by atoms with Gasteiger partial charge in [-0.25, -0.2) is 8.78 Å². The van der Waals surface area contributed by atoms with E-state index in [-0.39, 0.29) is 6.42 Å². The number of unbranched alkanes of at least 4 members (excludes halogenated alkanes) is 1. The molecule has 0 heterocycles. The number of benzene rings is 2. The Morgan fingerprint density at radius 3 is 2.22 bits per heavy atom. The standard InChI is InChI=1S/C18H24F2N2.C7H8.C6H13N/c1-5-22-17(21-4)12-14(2)16-10-6-8-15(13-16)9-7-11-18(3,19)20;1-7-5-3-2-4-6-7;1-3-5-6-7-4-2/h5-6,8,10,12-13H,1,7,9,11H2,2-4H3,(H,21,22);2-6H,1H3;4,7H,2-3,5-6H2,1H3/b14-12+;;. The summed E-state index contributed by atoms with van der Waals surface area (Å²) in [6.07, 6.45) is 8.79. The minimum absolute atomic E-state index is 0.0814. The molecule has 2 aromatic carbocycles.